The number of hydrogen-bond donors (Lipinski definition) is 1. The van der Waals surface area contributed by atoms with Crippen molar-refractivity contribution in [2.75, 3.05) is 14.1 Å². The summed E-state index contributed by atoms with van der Waals surface area (Å²) in [6.07, 6.45) is 0. The van der Waals surface area contributed by atoms with Crippen molar-refractivity contribution in [2.24, 2.45) is 0 Å². The third kappa shape index (κ3) is 3.17. The number of halogens is 1. The van der Waals surface area contributed by atoms with Crippen molar-refractivity contribution in [3.8, 4) is 0 Å². The first-order valence-corrected chi connectivity index (χ1v) is 5.38. The Labute approximate surface area is 97.6 Å². The number of nitrogens with zero attached hydrogens (tertiary/aromatic N) is 1. The Morgan fingerprint density at radius 1 is 1.57 bits per heavy atom. The Hall–Kier alpha value is -0.780. The quantitative estimate of drug-likeness (QED) is 0.834. The molecule has 1 N–H and O–H groups in total. The smallest absolute Gasteiger partial charge is 0.317 e. The highest BCUT2D eigenvalue weighted by Gasteiger charge is 2.05. The Balaban J connectivity index is 2.64. The lowest BCUT2D eigenvalue weighted by Gasteiger charge is -2.16. The molecule has 0 saturated heterocycles. The molecule has 0 unspecified atom stereocenters. The van der Waals surface area contributed by atoms with E-state index in [1.807, 2.05) is 18.2 Å². The summed E-state index contributed by atoms with van der Waals surface area (Å²) in [4.78, 5) is 12.9. The molecule has 0 aliphatic heterocycles. The van der Waals surface area contributed by atoms with E-state index >= 15 is 0 Å². The molecule has 1 aromatic carbocycles. The molecule has 0 aromatic heterocycles. The maximum Gasteiger partial charge on any atom is 0.317 e. The van der Waals surface area contributed by atoms with E-state index in [-0.39, 0.29) is 6.03 Å². The summed E-state index contributed by atoms with van der Waals surface area (Å²) >= 11 is 2.26. The summed E-state index contributed by atoms with van der Waals surface area (Å²) in [6.45, 7) is 0.635. The van der Waals surface area contributed by atoms with Gasteiger partial charge in [0.15, 0.2) is 0 Å². The van der Waals surface area contributed by atoms with Crippen molar-refractivity contribution in [1.29, 1.82) is 0 Å². The number of carbonyl (C=O) groups excluding carboxylic acids is 1. The van der Waals surface area contributed by atoms with Crippen molar-refractivity contribution in [3.05, 3.63) is 33.4 Å². The van der Waals surface area contributed by atoms with Crippen LogP contribution >= 0.6 is 22.6 Å². The van der Waals surface area contributed by atoms with Crippen LogP contribution in [0.1, 0.15) is 5.56 Å². The molecule has 0 atom stereocenters. The summed E-state index contributed by atoms with van der Waals surface area (Å²) in [5.74, 6) is 0. The zero-order valence-electron chi connectivity index (χ0n) is 8.25. The van der Waals surface area contributed by atoms with Crippen molar-refractivity contribution in [3.63, 3.8) is 0 Å². The van der Waals surface area contributed by atoms with Crippen LogP contribution in [0.15, 0.2) is 24.3 Å². The van der Waals surface area contributed by atoms with Crippen molar-refractivity contribution in [2.45, 2.75) is 6.54 Å². The lowest BCUT2D eigenvalue weighted by Crippen LogP contribution is -2.34. The van der Waals surface area contributed by atoms with Gasteiger partial charge in [-0.05, 0) is 40.3 Å². The molecule has 0 bridgehead atoms. The lowest BCUT2D eigenvalue weighted by atomic mass is 10.2. The number of nitrogens with one attached hydrogen (secondary N) is 1. The topological polar surface area (TPSA) is 32.3 Å². The zero-order valence-corrected chi connectivity index (χ0v) is 10.4. The minimum Gasteiger partial charge on any atom is -0.341 e. The summed E-state index contributed by atoms with van der Waals surface area (Å²) in [7, 11) is 3.41. The molecular formula is C10H13IN2O. The third-order valence-corrected chi connectivity index (χ3v) is 2.54. The molecule has 0 heterocycles. The molecule has 0 saturated carbocycles. The maximum atomic E-state index is 11.2. The summed E-state index contributed by atoms with van der Waals surface area (Å²) in [5, 5.41) is 2.58. The highest BCUT2D eigenvalue weighted by molar-refractivity contribution is 14.1. The van der Waals surface area contributed by atoms with Gasteiger partial charge >= 0.3 is 6.03 Å². The second kappa shape index (κ2) is 5.19. The van der Waals surface area contributed by atoms with Crippen LogP contribution in [0.25, 0.3) is 0 Å². The molecule has 0 aliphatic rings. The van der Waals surface area contributed by atoms with Crippen LogP contribution < -0.4 is 5.32 Å². The fraction of sp³-hybridized carbons (Fsp3) is 0.300. The van der Waals surface area contributed by atoms with Crippen LogP contribution in [0.5, 0.6) is 0 Å². The van der Waals surface area contributed by atoms with Gasteiger partial charge in [0.25, 0.3) is 0 Å². The first-order valence-electron chi connectivity index (χ1n) is 4.31. The number of rotatable bonds is 2. The molecule has 0 spiro atoms. The van der Waals surface area contributed by atoms with Gasteiger partial charge in [-0.2, -0.15) is 0 Å². The fourth-order valence-corrected chi connectivity index (χ4v) is 1.78. The Bertz CT molecular complexity index is 328. The summed E-state index contributed by atoms with van der Waals surface area (Å²) in [5.41, 5.74) is 1.14. The molecule has 0 aliphatic carbocycles. The molecule has 0 radical (unpaired) electrons. The van der Waals surface area contributed by atoms with Gasteiger partial charge in [-0.25, -0.2) is 4.79 Å². The molecule has 0 fully saturated rings. The number of carbonyl (C=O) groups is 1. The van der Waals surface area contributed by atoms with E-state index in [0.717, 1.165) is 5.56 Å². The highest BCUT2D eigenvalue weighted by Crippen LogP contribution is 2.09. The van der Waals surface area contributed by atoms with Crippen LogP contribution in [0.2, 0.25) is 0 Å². The molecule has 2 amide bonds. The van der Waals surface area contributed by atoms with Crippen molar-refractivity contribution >= 4 is 28.6 Å². The van der Waals surface area contributed by atoms with Crippen LogP contribution in [0.4, 0.5) is 4.79 Å². The maximum absolute atomic E-state index is 11.2. The molecule has 3 nitrogen and oxygen atoms in total. The van der Waals surface area contributed by atoms with Gasteiger partial charge in [0.05, 0.1) is 0 Å². The van der Waals surface area contributed by atoms with E-state index in [2.05, 4.69) is 34.0 Å². The average Bonchev–Trinajstić information content (AvgIpc) is 2.16. The van der Waals surface area contributed by atoms with Crippen molar-refractivity contribution in [1.82, 2.24) is 10.2 Å². The van der Waals surface area contributed by atoms with E-state index in [0.29, 0.717) is 6.54 Å². The normalized spacial score (nSPS) is 9.64. The largest absolute Gasteiger partial charge is 0.341 e. The SMILES string of the molecule is CNC(=O)N(C)Cc1cccc(I)c1. The first-order chi connectivity index (χ1) is 6.63. The van der Waals surface area contributed by atoms with Gasteiger partial charge in [0, 0.05) is 24.2 Å². The highest BCUT2D eigenvalue weighted by atomic mass is 127. The van der Waals surface area contributed by atoms with E-state index < -0.39 is 0 Å². The average molecular weight is 304 g/mol. The molecule has 1 rings (SSSR count). The zero-order chi connectivity index (χ0) is 10.6. The minimum absolute atomic E-state index is 0.0659. The van der Waals surface area contributed by atoms with Gasteiger partial charge in [-0.15, -0.1) is 0 Å². The van der Waals surface area contributed by atoms with Gasteiger partial charge in [-0.3, -0.25) is 0 Å². The predicted molar refractivity (Wildman–Crippen MR) is 65.1 cm³/mol. The van der Waals surface area contributed by atoms with Gasteiger partial charge < -0.3 is 10.2 Å². The second-order valence-electron chi connectivity index (χ2n) is 3.04. The van der Waals surface area contributed by atoms with E-state index in [1.54, 1.807) is 19.0 Å². The minimum atomic E-state index is -0.0659. The number of urea groups is 1. The van der Waals surface area contributed by atoms with Gasteiger partial charge in [0.2, 0.25) is 0 Å². The van der Waals surface area contributed by atoms with Crippen LogP contribution in [-0.2, 0) is 6.54 Å². The lowest BCUT2D eigenvalue weighted by molar-refractivity contribution is 0.209. The van der Waals surface area contributed by atoms with Crippen molar-refractivity contribution < 1.29 is 4.79 Å². The van der Waals surface area contributed by atoms with Crippen LogP contribution in [0, 0.1) is 3.57 Å². The van der Waals surface area contributed by atoms with E-state index in [4.69, 9.17) is 0 Å². The number of benzene rings is 1. The Kier molecular flexibility index (Phi) is 4.19. The molecule has 4 heteroatoms. The van der Waals surface area contributed by atoms with Gasteiger partial charge in [-0.1, -0.05) is 12.1 Å². The first kappa shape index (κ1) is 11.3. The second-order valence-corrected chi connectivity index (χ2v) is 4.29. The van der Waals surface area contributed by atoms with E-state index in [9.17, 15) is 4.79 Å². The predicted octanol–water partition coefficient (Wildman–Crippen LogP) is 2.06. The number of amides is 2. The number of hydrogen-bond acceptors (Lipinski definition) is 1. The Morgan fingerprint density at radius 3 is 2.86 bits per heavy atom. The summed E-state index contributed by atoms with van der Waals surface area (Å²) in [6, 6.07) is 8.05. The molecule has 1 aromatic rings. The monoisotopic (exact) mass is 304 g/mol. The fourth-order valence-electron chi connectivity index (χ4n) is 1.17. The molecule has 14 heavy (non-hydrogen) atoms. The van der Waals surface area contributed by atoms with Gasteiger partial charge in [0.1, 0.15) is 0 Å². The summed E-state index contributed by atoms with van der Waals surface area (Å²) < 4.78 is 1.19. The van der Waals surface area contributed by atoms with E-state index in [1.165, 1.54) is 3.57 Å². The molecule has 76 valence electrons. The third-order valence-electron chi connectivity index (χ3n) is 1.87. The molecular weight excluding hydrogens is 291 g/mol. The van der Waals surface area contributed by atoms with Crippen LogP contribution in [-0.4, -0.2) is 25.0 Å². The van der Waals surface area contributed by atoms with Crippen LogP contribution in [0.3, 0.4) is 0 Å². The Morgan fingerprint density at radius 2 is 2.29 bits per heavy atom. The standard InChI is InChI=1S/C10H13IN2O/c1-12-10(14)13(2)7-8-4-3-5-9(11)6-8/h3-6H,7H2,1-2H3,(H,12,14).